The first-order valence-corrected chi connectivity index (χ1v) is 7.99. The number of benzene rings is 1. The van der Waals surface area contributed by atoms with Gasteiger partial charge in [-0.1, -0.05) is 12.1 Å². The van der Waals surface area contributed by atoms with Gasteiger partial charge in [0, 0.05) is 11.3 Å². The van der Waals surface area contributed by atoms with Gasteiger partial charge in [-0.05, 0) is 45.4 Å². The SMILES string of the molecule is CCOc1ccccc1C(=O)OCC(=O)c1[nH]c(C)c(C(C)=O)c1C. The quantitative estimate of drug-likeness (QED) is 0.616. The number of rotatable bonds is 7. The van der Waals surface area contributed by atoms with Crippen LogP contribution in [0.5, 0.6) is 5.75 Å². The summed E-state index contributed by atoms with van der Waals surface area (Å²) >= 11 is 0. The number of carbonyl (C=O) groups excluding carboxylic acids is 3. The molecular weight excluding hydrogens is 322 g/mol. The number of nitrogens with one attached hydrogen (secondary N) is 1. The minimum Gasteiger partial charge on any atom is -0.493 e. The summed E-state index contributed by atoms with van der Waals surface area (Å²) in [5, 5.41) is 0. The topological polar surface area (TPSA) is 85.5 Å². The lowest BCUT2D eigenvalue weighted by Crippen LogP contribution is -2.16. The molecule has 6 heteroatoms. The lowest BCUT2D eigenvalue weighted by Gasteiger charge is -2.09. The van der Waals surface area contributed by atoms with E-state index in [9.17, 15) is 14.4 Å². The molecule has 1 heterocycles. The molecule has 6 nitrogen and oxygen atoms in total. The molecule has 0 spiro atoms. The zero-order valence-electron chi connectivity index (χ0n) is 14.8. The van der Waals surface area contributed by atoms with Crippen LogP contribution in [0.25, 0.3) is 0 Å². The van der Waals surface area contributed by atoms with Crippen molar-refractivity contribution in [3.05, 3.63) is 52.3 Å². The number of H-pyrrole nitrogens is 1. The molecule has 0 amide bonds. The van der Waals surface area contributed by atoms with Gasteiger partial charge in [-0.3, -0.25) is 9.59 Å². The minimum absolute atomic E-state index is 0.118. The highest BCUT2D eigenvalue weighted by Gasteiger charge is 2.21. The third-order valence-corrected chi connectivity index (χ3v) is 3.81. The molecule has 0 saturated heterocycles. The second kappa shape index (κ2) is 7.79. The van der Waals surface area contributed by atoms with Gasteiger partial charge in [-0.15, -0.1) is 0 Å². The van der Waals surface area contributed by atoms with Crippen molar-refractivity contribution in [1.29, 1.82) is 0 Å². The van der Waals surface area contributed by atoms with E-state index in [4.69, 9.17) is 9.47 Å². The zero-order valence-corrected chi connectivity index (χ0v) is 14.8. The number of ether oxygens (including phenoxy) is 2. The highest BCUT2D eigenvalue weighted by Crippen LogP contribution is 2.21. The predicted octanol–water partition coefficient (Wildman–Crippen LogP) is 3.27. The predicted molar refractivity (Wildman–Crippen MR) is 92.5 cm³/mol. The number of aromatic amines is 1. The van der Waals surface area contributed by atoms with Crippen LogP contribution in [-0.4, -0.2) is 35.7 Å². The van der Waals surface area contributed by atoms with E-state index >= 15 is 0 Å². The lowest BCUT2D eigenvalue weighted by atomic mass is 10.1. The number of hydrogen-bond donors (Lipinski definition) is 1. The van der Waals surface area contributed by atoms with E-state index in [0.29, 0.717) is 29.2 Å². The molecule has 2 aromatic rings. The van der Waals surface area contributed by atoms with E-state index in [0.717, 1.165) is 0 Å². The Kier molecular flexibility index (Phi) is 5.75. The highest BCUT2D eigenvalue weighted by molar-refractivity contribution is 6.04. The van der Waals surface area contributed by atoms with Crippen LogP contribution in [0.4, 0.5) is 0 Å². The molecule has 0 radical (unpaired) electrons. The maximum atomic E-state index is 12.3. The molecule has 1 aromatic carbocycles. The van der Waals surface area contributed by atoms with E-state index in [1.54, 1.807) is 38.1 Å². The molecule has 0 fully saturated rings. The van der Waals surface area contributed by atoms with Gasteiger partial charge in [-0.25, -0.2) is 4.79 Å². The van der Waals surface area contributed by atoms with Crippen molar-refractivity contribution >= 4 is 17.5 Å². The van der Waals surface area contributed by atoms with Crippen molar-refractivity contribution in [2.45, 2.75) is 27.7 Å². The van der Waals surface area contributed by atoms with Crippen molar-refractivity contribution in [2.24, 2.45) is 0 Å². The Hall–Kier alpha value is -2.89. The molecule has 1 aromatic heterocycles. The fraction of sp³-hybridized carbons (Fsp3) is 0.316. The first-order valence-electron chi connectivity index (χ1n) is 7.99. The molecule has 0 atom stereocenters. The number of aromatic nitrogens is 1. The maximum absolute atomic E-state index is 12.3. The van der Waals surface area contributed by atoms with Crippen molar-refractivity contribution in [1.82, 2.24) is 4.98 Å². The summed E-state index contributed by atoms with van der Waals surface area (Å²) in [6.45, 7) is 6.68. The Bertz CT molecular complexity index is 819. The number of Topliss-reactive ketones (excluding diaryl/α,β-unsaturated/α-hetero) is 2. The normalized spacial score (nSPS) is 10.4. The van der Waals surface area contributed by atoms with Gasteiger partial charge < -0.3 is 14.5 Å². The standard InChI is InChI=1S/C19H21NO5/c1-5-24-16-9-7-6-8-14(16)19(23)25-10-15(22)18-11(2)17(13(4)21)12(3)20-18/h6-9,20H,5,10H2,1-4H3. The molecule has 0 aliphatic heterocycles. The second-order valence-corrected chi connectivity index (χ2v) is 5.61. The van der Waals surface area contributed by atoms with Gasteiger partial charge in [0.15, 0.2) is 12.4 Å². The Morgan fingerprint density at radius 3 is 2.40 bits per heavy atom. The average Bonchev–Trinajstić information content (AvgIpc) is 2.88. The van der Waals surface area contributed by atoms with Gasteiger partial charge >= 0.3 is 5.97 Å². The van der Waals surface area contributed by atoms with E-state index < -0.39 is 18.4 Å². The number of aryl methyl sites for hydroxylation is 1. The highest BCUT2D eigenvalue weighted by atomic mass is 16.5. The van der Waals surface area contributed by atoms with Crippen LogP contribution >= 0.6 is 0 Å². The van der Waals surface area contributed by atoms with Crippen LogP contribution in [0, 0.1) is 13.8 Å². The molecular formula is C19H21NO5. The van der Waals surface area contributed by atoms with E-state index in [2.05, 4.69) is 4.98 Å². The number of ketones is 2. The first kappa shape index (κ1) is 18.4. The molecule has 25 heavy (non-hydrogen) atoms. The number of hydrogen-bond acceptors (Lipinski definition) is 5. The average molecular weight is 343 g/mol. The van der Waals surface area contributed by atoms with Gasteiger partial charge in [0.05, 0.1) is 12.3 Å². The van der Waals surface area contributed by atoms with E-state index in [1.807, 2.05) is 6.92 Å². The second-order valence-electron chi connectivity index (χ2n) is 5.61. The fourth-order valence-corrected chi connectivity index (χ4v) is 2.75. The third kappa shape index (κ3) is 3.96. The first-order chi connectivity index (χ1) is 11.9. The lowest BCUT2D eigenvalue weighted by molar-refractivity contribution is 0.0469. The Balaban J connectivity index is 2.12. The monoisotopic (exact) mass is 343 g/mol. The molecule has 0 bridgehead atoms. The smallest absolute Gasteiger partial charge is 0.342 e. The van der Waals surface area contributed by atoms with Crippen molar-refractivity contribution in [3.8, 4) is 5.75 Å². The van der Waals surface area contributed by atoms with E-state index in [1.165, 1.54) is 6.92 Å². The summed E-state index contributed by atoms with van der Waals surface area (Å²) in [7, 11) is 0. The molecule has 1 N–H and O–H groups in total. The molecule has 132 valence electrons. The van der Waals surface area contributed by atoms with Crippen molar-refractivity contribution < 1.29 is 23.9 Å². The number of para-hydroxylation sites is 1. The van der Waals surface area contributed by atoms with Crippen LogP contribution in [0.2, 0.25) is 0 Å². The summed E-state index contributed by atoms with van der Waals surface area (Å²) in [6, 6.07) is 6.69. The summed E-state index contributed by atoms with van der Waals surface area (Å²) < 4.78 is 10.5. The maximum Gasteiger partial charge on any atom is 0.342 e. The molecule has 0 unspecified atom stereocenters. The molecule has 0 aliphatic carbocycles. The van der Waals surface area contributed by atoms with Gasteiger partial charge in [-0.2, -0.15) is 0 Å². The Morgan fingerprint density at radius 1 is 1.12 bits per heavy atom. The van der Waals surface area contributed by atoms with Gasteiger partial charge in [0.2, 0.25) is 5.78 Å². The summed E-state index contributed by atoms with van der Waals surface area (Å²) in [6.07, 6.45) is 0. The zero-order chi connectivity index (χ0) is 18.6. The summed E-state index contributed by atoms with van der Waals surface area (Å²) in [5.41, 5.74) is 2.24. The van der Waals surface area contributed by atoms with Crippen LogP contribution in [0.15, 0.2) is 24.3 Å². The van der Waals surface area contributed by atoms with Crippen LogP contribution < -0.4 is 4.74 Å². The largest absolute Gasteiger partial charge is 0.493 e. The number of carbonyl (C=O) groups is 3. The molecule has 0 saturated carbocycles. The Labute approximate surface area is 146 Å². The van der Waals surface area contributed by atoms with Crippen LogP contribution in [0.1, 0.15) is 56.3 Å². The number of esters is 1. The van der Waals surface area contributed by atoms with Crippen LogP contribution in [0.3, 0.4) is 0 Å². The minimum atomic E-state index is -0.634. The Morgan fingerprint density at radius 2 is 1.80 bits per heavy atom. The molecule has 0 aliphatic rings. The fourth-order valence-electron chi connectivity index (χ4n) is 2.75. The summed E-state index contributed by atoms with van der Waals surface area (Å²) in [5.74, 6) is -0.735. The third-order valence-electron chi connectivity index (χ3n) is 3.81. The molecule has 2 rings (SSSR count). The van der Waals surface area contributed by atoms with Gasteiger partial charge in [0.1, 0.15) is 11.3 Å². The van der Waals surface area contributed by atoms with Crippen molar-refractivity contribution in [3.63, 3.8) is 0 Å². The van der Waals surface area contributed by atoms with Crippen LogP contribution in [-0.2, 0) is 4.74 Å². The summed E-state index contributed by atoms with van der Waals surface area (Å²) in [4.78, 5) is 39.1. The van der Waals surface area contributed by atoms with Gasteiger partial charge in [0.25, 0.3) is 0 Å². The van der Waals surface area contributed by atoms with E-state index in [-0.39, 0.29) is 17.0 Å². The van der Waals surface area contributed by atoms with Crippen molar-refractivity contribution in [2.75, 3.05) is 13.2 Å².